The van der Waals surface area contributed by atoms with E-state index in [0.717, 1.165) is 22.7 Å². The van der Waals surface area contributed by atoms with E-state index in [2.05, 4.69) is 27.1 Å². The molecule has 2 aromatic carbocycles. The number of benzene rings is 2. The van der Waals surface area contributed by atoms with Gasteiger partial charge in [0, 0.05) is 0 Å². The van der Waals surface area contributed by atoms with Gasteiger partial charge >= 0.3 is 0 Å². The number of ether oxygens (including phenoxy) is 1. The van der Waals surface area contributed by atoms with Crippen LogP contribution in [0.2, 0.25) is 0 Å². The van der Waals surface area contributed by atoms with Gasteiger partial charge in [0.2, 0.25) is 0 Å². The van der Waals surface area contributed by atoms with Crippen LogP contribution >= 0.6 is 0 Å². The van der Waals surface area contributed by atoms with E-state index in [4.69, 9.17) is 4.74 Å². The van der Waals surface area contributed by atoms with Crippen LogP contribution in [0.4, 0.5) is 0 Å². The number of rotatable bonds is 4. The predicted octanol–water partition coefficient (Wildman–Crippen LogP) is 3.62. The molecule has 3 aromatic rings. The molecule has 0 aliphatic carbocycles. The molecule has 1 aromatic heterocycles. The van der Waals surface area contributed by atoms with Crippen molar-refractivity contribution >= 4 is 0 Å². The van der Waals surface area contributed by atoms with Gasteiger partial charge < -0.3 is 4.74 Å². The molecule has 0 atom stereocenters. The van der Waals surface area contributed by atoms with Crippen molar-refractivity contribution in [2.75, 3.05) is 0 Å². The first-order chi connectivity index (χ1) is 9.83. The van der Waals surface area contributed by atoms with Crippen molar-refractivity contribution in [3.05, 3.63) is 66.0 Å². The number of hydrogen-bond donors (Lipinski definition) is 0. The first-order valence-electron chi connectivity index (χ1n) is 6.39. The van der Waals surface area contributed by atoms with Gasteiger partial charge in [0.1, 0.15) is 23.7 Å². The van der Waals surface area contributed by atoms with E-state index in [-0.39, 0.29) is 0 Å². The third-order valence-corrected chi connectivity index (χ3v) is 3.08. The largest absolute Gasteiger partial charge is 0.487 e. The summed E-state index contributed by atoms with van der Waals surface area (Å²) in [6.07, 6.45) is 0. The third-order valence-electron chi connectivity index (χ3n) is 3.08. The minimum atomic E-state index is 0.361. The zero-order chi connectivity index (χ0) is 13.8. The van der Waals surface area contributed by atoms with Gasteiger partial charge in [0.25, 0.3) is 0 Å². The van der Waals surface area contributed by atoms with Crippen LogP contribution < -0.4 is 4.74 Å². The van der Waals surface area contributed by atoms with Crippen LogP contribution in [-0.4, -0.2) is 10.3 Å². The molecule has 1 heterocycles. The zero-order valence-corrected chi connectivity index (χ0v) is 11.1. The molecule has 0 fully saturated rings. The molecule has 0 unspecified atom stereocenters. The average molecular weight is 266 g/mol. The summed E-state index contributed by atoms with van der Waals surface area (Å²) in [4.78, 5) is 0. The van der Waals surface area contributed by atoms with Crippen molar-refractivity contribution < 1.29 is 9.37 Å². The molecular formula is C16H14N2O2. The molecule has 0 spiro atoms. The number of aromatic nitrogens is 2. The Bertz CT molecular complexity index is 675. The lowest BCUT2D eigenvalue weighted by Crippen LogP contribution is -1.97. The van der Waals surface area contributed by atoms with Gasteiger partial charge in [-0.3, -0.25) is 0 Å². The Labute approximate surface area is 117 Å². The molecule has 100 valence electrons. The van der Waals surface area contributed by atoms with Crippen LogP contribution in [0, 0.1) is 6.92 Å². The summed E-state index contributed by atoms with van der Waals surface area (Å²) in [5.41, 5.74) is 3.83. The molecule has 4 nitrogen and oxygen atoms in total. The van der Waals surface area contributed by atoms with Crippen molar-refractivity contribution in [2.24, 2.45) is 0 Å². The van der Waals surface area contributed by atoms with Crippen molar-refractivity contribution in [3.63, 3.8) is 0 Å². The molecule has 0 saturated heterocycles. The fraction of sp³-hybridized carbons (Fsp3) is 0.125. The molecule has 0 aliphatic rings. The van der Waals surface area contributed by atoms with E-state index >= 15 is 0 Å². The molecule has 0 saturated carbocycles. The fourth-order valence-electron chi connectivity index (χ4n) is 1.91. The molecule has 4 heteroatoms. The second-order valence-corrected chi connectivity index (χ2v) is 4.48. The van der Waals surface area contributed by atoms with E-state index in [1.54, 1.807) is 0 Å². The average Bonchev–Trinajstić information content (AvgIpc) is 2.92. The summed E-state index contributed by atoms with van der Waals surface area (Å²) in [6, 6.07) is 18.2. The molecule has 20 heavy (non-hydrogen) atoms. The van der Waals surface area contributed by atoms with Crippen LogP contribution in [0.25, 0.3) is 11.1 Å². The van der Waals surface area contributed by atoms with Gasteiger partial charge in [-0.15, -0.1) is 0 Å². The monoisotopic (exact) mass is 266 g/mol. The molecule has 0 amide bonds. The predicted molar refractivity (Wildman–Crippen MR) is 75.2 cm³/mol. The zero-order valence-electron chi connectivity index (χ0n) is 11.1. The number of nitrogens with zero attached hydrogens (tertiary/aromatic N) is 2. The van der Waals surface area contributed by atoms with Crippen molar-refractivity contribution in [2.45, 2.75) is 13.5 Å². The van der Waals surface area contributed by atoms with E-state index in [1.165, 1.54) is 5.56 Å². The highest BCUT2D eigenvalue weighted by Gasteiger charge is 2.05. The fourth-order valence-corrected chi connectivity index (χ4v) is 1.91. The van der Waals surface area contributed by atoms with Crippen LogP contribution in [0.15, 0.2) is 59.2 Å². The maximum atomic E-state index is 5.66. The molecule has 0 radical (unpaired) electrons. The Balaban J connectivity index is 1.69. The van der Waals surface area contributed by atoms with Gasteiger partial charge in [-0.05, 0) is 30.2 Å². The molecule has 0 N–H and O–H groups in total. The second-order valence-electron chi connectivity index (χ2n) is 4.48. The first kappa shape index (κ1) is 12.4. The van der Waals surface area contributed by atoms with E-state index in [9.17, 15) is 0 Å². The Morgan fingerprint density at radius 2 is 1.60 bits per heavy atom. The van der Waals surface area contributed by atoms with Crippen LogP contribution in [-0.2, 0) is 6.61 Å². The van der Waals surface area contributed by atoms with E-state index in [0.29, 0.717) is 6.61 Å². The molecule has 3 rings (SSSR count). The van der Waals surface area contributed by atoms with Crippen molar-refractivity contribution in [1.29, 1.82) is 0 Å². The topological polar surface area (TPSA) is 48.2 Å². The minimum absolute atomic E-state index is 0.361. The van der Waals surface area contributed by atoms with Gasteiger partial charge in [0.15, 0.2) is 0 Å². The van der Waals surface area contributed by atoms with Crippen molar-refractivity contribution in [1.82, 2.24) is 10.3 Å². The lowest BCUT2D eigenvalue weighted by atomic mass is 10.1. The van der Waals surface area contributed by atoms with E-state index in [1.807, 2.05) is 49.4 Å². The van der Waals surface area contributed by atoms with E-state index < -0.39 is 0 Å². The quantitative estimate of drug-likeness (QED) is 0.723. The molecular weight excluding hydrogens is 252 g/mol. The summed E-state index contributed by atoms with van der Waals surface area (Å²) in [5, 5.41) is 7.50. The highest BCUT2D eigenvalue weighted by atomic mass is 16.6. The van der Waals surface area contributed by atoms with Crippen LogP contribution in [0.1, 0.15) is 11.4 Å². The Kier molecular flexibility index (Phi) is 3.46. The van der Waals surface area contributed by atoms with Gasteiger partial charge in [-0.2, -0.15) is 0 Å². The third kappa shape index (κ3) is 2.69. The Hall–Kier alpha value is -2.62. The first-order valence-corrected chi connectivity index (χ1v) is 6.39. The highest BCUT2D eigenvalue weighted by Crippen LogP contribution is 2.22. The van der Waals surface area contributed by atoms with Crippen molar-refractivity contribution in [3.8, 4) is 16.9 Å². The summed E-state index contributed by atoms with van der Waals surface area (Å²) >= 11 is 0. The maximum Gasteiger partial charge on any atom is 0.145 e. The Morgan fingerprint density at radius 3 is 2.25 bits per heavy atom. The number of aryl methyl sites for hydroxylation is 1. The Morgan fingerprint density at radius 1 is 0.900 bits per heavy atom. The SMILES string of the molecule is Cc1nonc1COc1ccc(-c2ccccc2)cc1. The smallest absolute Gasteiger partial charge is 0.145 e. The lowest BCUT2D eigenvalue weighted by Gasteiger charge is -2.06. The number of hydrogen-bond acceptors (Lipinski definition) is 4. The summed E-state index contributed by atoms with van der Waals surface area (Å²) < 4.78 is 10.3. The van der Waals surface area contributed by atoms with Crippen LogP contribution in [0.3, 0.4) is 0 Å². The normalized spacial score (nSPS) is 10.4. The second kappa shape index (κ2) is 5.57. The maximum absolute atomic E-state index is 5.66. The lowest BCUT2D eigenvalue weighted by molar-refractivity contribution is 0.270. The minimum Gasteiger partial charge on any atom is -0.487 e. The molecule has 0 bridgehead atoms. The van der Waals surface area contributed by atoms with Crippen LogP contribution in [0.5, 0.6) is 5.75 Å². The highest BCUT2D eigenvalue weighted by molar-refractivity contribution is 5.63. The van der Waals surface area contributed by atoms with Gasteiger partial charge in [0.05, 0.1) is 0 Å². The standard InChI is InChI=1S/C16H14N2O2/c1-12-16(18-20-17-12)11-19-15-9-7-14(8-10-15)13-5-3-2-4-6-13/h2-10H,11H2,1H3. The van der Waals surface area contributed by atoms with Gasteiger partial charge in [-0.1, -0.05) is 52.8 Å². The van der Waals surface area contributed by atoms with Gasteiger partial charge in [-0.25, -0.2) is 4.63 Å². The molecule has 0 aliphatic heterocycles. The summed E-state index contributed by atoms with van der Waals surface area (Å²) in [6.45, 7) is 2.20. The summed E-state index contributed by atoms with van der Waals surface area (Å²) in [5.74, 6) is 0.798. The summed E-state index contributed by atoms with van der Waals surface area (Å²) in [7, 11) is 0.